The highest BCUT2D eigenvalue weighted by Crippen LogP contribution is 2.39. The first-order chi connectivity index (χ1) is 12.2. The Morgan fingerprint density at radius 3 is 2.32 bits per heavy atom. The molecule has 0 saturated heterocycles. The Kier molecular flexibility index (Phi) is 5.08. The van der Waals surface area contributed by atoms with Crippen molar-refractivity contribution < 1.29 is 14.4 Å². The van der Waals surface area contributed by atoms with Crippen molar-refractivity contribution in [1.82, 2.24) is 0 Å². The molecule has 1 aliphatic heterocycles. The predicted octanol–water partition coefficient (Wildman–Crippen LogP) is 3.94. The summed E-state index contributed by atoms with van der Waals surface area (Å²) in [6.07, 6.45) is 1.68. The van der Waals surface area contributed by atoms with Gasteiger partial charge in [-0.3, -0.25) is 4.79 Å². The normalized spacial score (nSPS) is 19.4. The lowest BCUT2D eigenvalue weighted by Gasteiger charge is -2.26. The standard InChI is InChI=1S/C21H21NO3/c1-2-18(23)13-14-21(15-16-9-5-3-6-10-16)19(22-25-20(21)24)17-11-7-4-8-12-17/h3-12H,2,13-15H2,1H3/t21-/m0/s1. The van der Waals surface area contributed by atoms with Crippen LogP contribution in [0.15, 0.2) is 65.8 Å². The molecule has 0 aliphatic carbocycles. The number of ketones is 1. The topological polar surface area (TPSA) is 55.7 Å². The molecule has 0 saturated carbocycles. The van der Waals surface area contributed by atoms with Gasteiger partial charge in [0.2, 0.25) is 0 Å². The van der Waals surface area contributed by atoms with E-state index in [1.165, 1.54) is 0 Å². The van der Waals surface area contributed by atoms with Crippen LogP contribution in [0.5, 0.6) is 0 Å². The number of nitrogens with zero attached hydrogens (tertiary/aromatic N) is 1. The van der Waals surface area contributed by atoms with Gasteiger partial charge < -0.3 is 4.84 Å². The van der Waals surface area contributed by atoms with Gasteiger partial charge in [-0.1, -0.05) is 72.7 Å². The van der Waals surface area contributed by atoms with E-state index in [-0.39, 0.29) is 11.8 Å². The monoisotopic (exact) mass is 335 g/mol. The van der Waals surface area contributed by atoms with Crippen LogP contribution in [0.2, 0.25) is 0 Å². The van der Waals surface area contributed by atoms with Crippen LogP contribution in [0.1, 0.15) is 37.3 Å². The van der Waals surface area contributed by atoms with Gasteiger partial charge in [-0.25, -0.2) is 4.79 Å². The van der Waals surface area contributed by atoms with E-state index < -0.39 is 5.41 Å². The second-order valence-electron chi connectivity index (χ2n) is 6.32. The Hall–Kier alpha value is -2.75. The summed E-state index contributed by atoms with van der Waals surface area (Å²) in [4.78, 5) is 29.8. The first-order valence-electron chi connectivity index (χ1n) is 8.56. The average Bonchev–Trinajstić information content (AvgIpc) is 2.97. The van der Waals surface area contributed by atoms with E-state index in [4.69, 9.17) is 4.84 Å². The highest BCUT2D eigenvalue weighted by molar-refractivity contribution is 6.18. The molecular formula is C21H21NO3. The zero-order valence-electron chi connectivity index (χ0n) is 14.3. The van der Waals surface area contributed by atoms with Crippen LogP contribution in [0, 0.1) is 5.41 Å². The van der Waals surface area contributed by atoms with Crippen molar-refractivity contribution in [3.05, 3.63) is 71.8 Å². The summed E-state index contributed by atoms with van der Waals surface area (Å²) in [6.45, 7) is 1.84. The van der Waals surface area contributed by atoms with Crippen LogP contribution in [0.4, 0.5) is 0 Å². The van der Waals surface area contributed by atoms with Crippen molar-refractivity contribution in [2.24, 2.45) is 10.6 Å². The second kappa shape index (κ2) is 7.43. The van der Waals surface area contributed by atoms with Crippen LogP contribution in [0.3, 0.4) is 0 Å². The lowest BCUT2D eigenvalue weighted by Crippen LogP contribution is -2.39. The summed E-state index contributed by atoms with van der Waals surface area (Å²) in [5.74, 6) is -0.237. The highest BCUT2D eigenvalue weighted by Gasteiger charge is 2.50. The number of hydrogen-bond donors (Lipinski definition) is 0. The molecule has 0 radical (unpaired) electrons. The Morgan fingerprint density at radius 2 is 1.68 bits per heavy atom. The molecule has 1 aliphatic rings. The van der Waals surface area contributed by atoms with Gasteiger partial charge in [-0.15, -0.1) is 0 Å². The number of oxime groups is 1. The first-order valence-corrected chi connectivity index (χ1v) is 8.56. The van der Waals surface area contributed by atoms with Gasteiger partial charge in [0.15, 0.2) is 0 Å². The zero-order valence-corrected chi connectivity index (χ0v) is 14.3. The number of hydrogen-bond acceptors (Lipinski definition) is 4. The number of Topliss-reactive ketones (excluding diaryl/α,β-unsaturated/α-hetero) is 1. The molecule has 4 heteroatoms. The largest absolute Gasteiger partial charge is 0.347 e. The van der Waals surface area contributed by atoms with Crippen molar-refractivity contribution in [2.45, 2.75) is 32.6 Å². The van der Waals surface area contributed by atoms with Gasteiger partial charge >= 0.3 is 5.97 Å². The number of carbonyl (C=O) groups is 2. The average molecular weight is 335 g/mol. The Morgan fingerprint density at radius 1 is 1.04 bits per heavy atom. The van der Waals surface area contributed by atoms with Crippen LogP contribution in [-0.4, -0.2) is 17.5 Å². The molecule has 2 aromatic carbocycles. The molecule has 0 spiro atoms. The van der Waals surface area contributed by atoms with E-state index in [1.54, 1.807) is 0 Å². The molecule has 0 fully saturated rings. The summed E-state index contributed by atoms with van der Waals surface area (Å²) in [5.41, 5.74) is 1.57. The Bertz CT molecular complexity index is 783. The van der Waals surface area contributed by atoms with Gasteiger partial charge in [0.1, 0.15) is 16.9 Å². The smallest absolute Gasteiger partial charge is 0.317 e. The van der Waals surface area contributed by atoms with Gasteiger partial charge in [0.05, 0.1) is 0 Å². The molecule has 4 nitrogen and oxygen atoms in total. The van der Waals surface area contributed by atoms with Crippen molar-refractivity contribution in [1.29, 1.82) is 0 Å². The van der Waals surface area contributed by atoms with Crippen LogP contribution < -0.4 is 0 Å². The molecule has 0 N–H and O–H groups in total. The molecule has 2 aromatic rings. The van der Waals surface area contributed by atoms with Gasteiger partial charge in [-0.05, 0) is 18.4 Å². The van der Waals surface area contributed by atoms with Crippen LogP contribution in [-0.2, 0) is 20.8 Å². The summed E-state index contributed by atoms with van der Waals surface area (Å²) >= 11 is 0. The number of carbonyl (C=O) groups excluding carboxylic acids is 2. The lowest BCUT2D eigenvalue weighted by atomic mass is 9.71. The second-order valence-corrected chi connectivity index (χ2v) is 6.32. The lowest BCUT2D eigenvalue weighted by molar-refractivity contribution is -0.148. The number of rotatable bonds is 7. The zero-order chi connectivity index (χ0) is 17.7. The van der Waals surface area contributed by atoms with Crippen molar-refractivity contribution in [3.8, 4) is 0 Å². The molecule has 0 unspecified atom stereocenters. The molecule has 0 aromatic heterocycles. The molecule has 3 rings (SSSR count). The molecule has 0 bridgehead atoms. The first kappa shape index (κ1) is 17.1. The summed E-state index contributed by atoms with van der Waals surface area (Å²) in [6, 6.07) is 19.4. The van der Waals surface area contributed by atoms with E-state index in [0.29, 0.717) is 31.4 Å². The van der Waals surface area contributed by atoms with Gasteiger partial charge in [0.25, 0.3) is 0 Å². The minimum absolute atomic E-state index is 0.138. The molecule has 128 valence electrons. The van der Waals surface area contributed by atoms with Crippen molar-refractivity contribution >= 4 is 17.5 Å². The van der Waals surface area contributed by atoms with E-state index in [9.17, 15) is 9.59 Å². The van der Waals surface area contributed by atoms with Crippen LogP contribution in [0.25, 0.3) is 0 Å². The quantitative estimate of drug-likeness (QED) is 0.720. The molecular weight excluding hydrogens is 314 g/mol. The van der Waals surface area contributed by atoms with E-state index >= 15 is 0 Å². The summed E-state index contributed by atoms with van der Waals surface area (Å²) < 4.78 is 0. The molecule has 1 heterocycles. The minimum Gasteiger partial charge on any atom is -0.317 e. The maximum atomic E-state index is 12.7. The third-order valence-electron chi connectivity index (χ3n) is 4.68. The summed E-state index contributed by atoms with van der Waals surface area (Å²) in [5, 5.41) is 4.10. The highest BCUT2D eigenvalue weighted by atomic mass is 16.7. The Balaban J connectivity index is 2.00. The fourth-order valence-corrected chi connectivity index (χ4v) is 3.22. The third-order valence-corrected chi connectivity index (χ3v) is 4.68. The summed E-state index contributed by atoms with van der Waals surface area (Å²) in [7, 11) is 0. The molecule has 25 heavy (non-hydrogen) atoms. The molecule has 0 amide bonds. The van der Waals surface area contributed by atoms with Gasteiger partial charge in [0, 0.05) is 18.4 Å². The maximum absolute atomic E-state index is 12.7. The predicted molar refractivity (Wildman–Crippen MR) is 96.2 cm³/mol. The van der Waals surface area contributed by atoms with E-state index in [2.05, 4.69) is 5.16 Å². The minimum atomic E-state index is -0.923. The maximum Gasteiger partial charge on any atom is 0.347 e. The number of benzene rings is 2. The third kappa shape index (κ3) is 3.53. The van der Waals surface area contributed by atoms with Crippen molar-refractivity contribution in [3.63, 3.8) is 0 Å². The van der Waals surface area contributed by atoms with E-state index in [0.717, 1.165) is 11.1 Å². The van der Waals surface area contributed by atoms with Gasteiger partial charge in [-0.2, -0.15) is 0 Å². The van der Waals surface area contributed by atoms with Crippen LogP contribution >= 0.6 is 0 Å². The fraction of sp³-hybridized carbons (Fsp3) is 0.286. The Labute approximate surface area is 147 Å². The molecule has 1 atom stereocenters. The fourth-order valence-electron chi connectivity index (χ4n) is 3.22. The van der Waals surface area contributed by atoms with Crippen molar-refractivity contribution in [2.75, 3.05) is 0 Å². The SMILES string of the molecule is CCC(=O)CC[C@@]1(Cc2ccccc2)C(=O)ON=C1c1ccccc1. The van der Waals surface area contributed by atoms with E-state index in [1.807, 2.05) is 67.6 Å².